The summed E-state index contributed by atoms with van der Waals surface area (Å²) in [5.74, 6) is 0. The average Bonchev–Trinajstić information content (AvgIpc) is 3.41. The highest BCUT2D eigenvalue weighted by Gasteiger charge is 2.24. The van der Waals surface area contributed by atoms with Gasteiger partial charge in [-0.25, -0.2) is 0 Å². The number of hydrogen-bond acceptors (Lipinski definition) is 6. The van der Waals surface area contributed by atoms with E-state index in [-0.39, 0.29) is 12.2 Å². The van der Waals surface area contributed by atoms with Crippen LogP contribution < -0.4 is 21.3 Å². The van der Waals surface area contributed by atoms with Crippen LogP contribution in [0.3, 0.4) is 0 Å². The van der Waals surface area contributed by atoms with Crippen LogP contribution in [0.1, 0.15) is 49.4 Å². The molecule has 0 amide bonds. The van der Waals surface area contributed by atoms with Crippen molar-refractivity contribution in [2.75, 3.05) is 30.4 Å². The van der Waals surface area contributed by atoms with Gasteiger partial charge in [0.2, 0.25) is 0 Å². The SMILES string of the molecule is C=CCc1ccccc1.CCN(CC)CNCc1ccc2c(c1)NC(C(=N)CC(C)NCc1cc(Cl)ccc1C)N2. The van der Waals surface area contributed by atoms with Crippen LogP contribution in [0.5, 0.6) is 0 Å². The Kier molecular flexibility index (Phi) is 13.4. The molecule has 3 aromatic rings. The summed E-state index contributed by atoms with van der Waals surface area (Å²) in [5, 5.41) is 23.3. The van der Waals surface area contributed by atoms with Gasteiger partial charge in [-0.3, -0.25) is 4.90 Å². The van der Waals surface area contributed by atoms with Crippen molar-refractivity contribution in [3.63, 3.8) is 0 Å². The quantitative estimate of drug-likeness (QED) is 0.0799. The Hall–Kier alpha value is -3.16. The minimum absolute atomic E-state index is 0.166. The van der Waals surface area contributed by atoms with Gasteiger partial charge in [-0.15, -0.1) is 6.58 Å². The molecule has 1 aliphatic heterocycles. The molecule has 220 valence electrons. The molecule has 0 radical (unpaired) electrons. The van der Waals surface area contributed by atoms with E-state index in [9.17, 15) is 0 Å². The zero-order valence-electron chi connectivity index (χ0n) is 25.1. The van der Waals surface area contributed by atoms with E-state index in [2.05, 4.69) is 90.8 Å². The third-order valence-electron chi connectivity index (χ3n) is 7.29. The van der Waals surface area contributed by atoms with E-state index in [1.165, 1.54) is 22.3 Å². The molecule has 3 aromatic carbocycles. The number of aryl methyl sites for hydroxylation is 1. The smallest absolute Gasteiger partial charge is 0.136 e. The van der Waals surface area contributed by atoms with E-state index in [0.29, 0.717) is 12.1 Å². The van der Waals surface area contributed by atoms with Crippen molar-refractivity contribution in [1.29, 1.82) is 5.41 Å². The number of halogens is 1. The molecule has 0 aromatic heterocycles. The summed E-state index contributed by atoms with van der Waals surface area (Å²) in [6.07, 6.45) is 3.38. The largest absolute Gasteiger partial charge is 0.359 e. The van der Waals surface area contributed by atoms with Gasteiger partial charge in [0.15, 0.2) is 0 Å². The van der Waals surface area contributed by atoms with E-state index in [1.807, 2.05) is 42.5 Å². The molecule has 6 nitrogen and oxygen atoms in total. The molecular weight excluding hydrogens is 528 g/mol. The molecule has 0 aliphatic carbocycles. The van der Waals surface area contributed by atoms with Crippen LogP contribution in [0.15, 0.2) is 79.4 Å². The molecule has 1 heterocycles. The maximum atomic E-state index is 8.60. The molecule has 0 saturated carbocycles. The Balaban J connectivity index is 0.000000436. The highest BCUT2D eigenvalue weighted by Crippen LogP contribution is 2.30. The van der Waals surface area contributed by atoms with Gasteiger partial charge in [-0.1, -0.05) is 74.0 Å². The van der Waals surface area contributed by atoms with Gasteiger partial charge in [0.05, 0.1) is 17.1 Å². The van der Waals surface area contributed by atoms with Crippen molar-refractivity contribution in [2.24, 2.45) is 0 Å². The van der Waals surface area contributed by atoms with E-state index in [1.54, 1.807) is 0 Å². The third-order valence-corrected chi connectivity index (χ3v) is 7.53. The fraction of sp³-hybridized carbons (Fsp3) is 0.382. The number of benzene rings is 3. The molecule has 5 N–H and O–H groups in total. The molecule has 0 bridgehead atoms. The molecule has 4 rings (SSSR count). The Morgan fingerprint density at radius 2 is 1.73 bits per heavy atom. The maximum absolute atomic E-state index is 8.60. The Morgan fingerprint density at radius 3 is 2.44 bits per heavy atom. The predicted molar refractivity (Wildman–Crippen MR) is 177 cm³/mol. The number of nitrogens with one attached hydrogen (secondary N) is 5. The third kappa shape index (κ3) is 10.6. The minimum atomic E-state index is -0.166. The zero-order chi connectivity index (χ0) is 29.6. The first kappa shape index (κ1) is 32.4. The molecule has 0 fully saturated rings. The van der Waals surface area contributed by atoms with Gasteiger partial charge in [-0.05, 0) is 79.9 Å². The topological polar surface area (TPSA) is 75.2 Å². The van der Waals surface area contributed by atoms with E-state index >= 15 is 0 Å². The van der Waals surface area contributed by atoms with Gasteiger partial charge in [0.1, 0.15) is 6.17 Å². The van der Waals surface area contributed by atoms with Crippen LogP contribution in [-0.4, -0.2) is 42.6 Å². The first-order valence-corrected chi connectivity index (χ1v) is 15.0. The summed E-state index contributed by atoms with van der Waals surface area (Å²) < 4.78 is 0. The Morgan fingerprint density at radius 1 is 1.00 bits per heavy atom. The van der Waals surface area contributed by atoms with Crippen molar-refractivity contribution in [3.8, 4) is 0 Å². The minimum Gasteiger partial charge on any atom is -0.359 e. The second-order valence-electron chi connectivity index (χ2n) is 10.6. The van der Waals surface area contributed by atoms with Crippen molar-refractivity contribution in [2.45, 2.75) is 65.8 Å². The summed E-state index contributed by atoms with van der Waals surface area (Å²) in [5.41, 5.74) is 7.75. The first-order valence-electron chi connectivity index (χ1n) is 14.6. The molecular formula is C34H47ClN6. The van der Waals surface area contributed by atoms with Gasteiger partial charge in [0, 0.05) is 37.2 Å². The van der Waals surface area contributed by atoms with Crippen LogP contribution in [0.2, 0.25) is 5.02 Å². The lowest BCUT2D eigenvalue weighted by atomic mass is 10.1. The number of nitrogens with zero attached hydrogens (tertiary/aromatic N) is 1. The van der Waals surface area contributed by atoms with Crippen molar-refractivity contribution >= 4 is 28.7 Å². The number of allylic oxidation sites excluding steroid dienone is 1. The number of hydrogen-bond donors (Lipinski definition) is 5. The van der Waals surface area contributed by atoms with Crippen LogP contribution in [-0.2, 0) is 19.5 Å². The van der Waals surface area contributed by atoms with Crippen molar-refractivity contribution < 1.29 is 0 Å². The molecule has 2 atom stereocenters. The molecule has 0 saturated heterocycles. The van der Waals surface area contributed by atoms with Crippen LogP contribution >= 0.6 is 11.6 Å². The second-order valence-corrected chi connectivity index (χ2v) is 11.0. The maximum Gasteiger partial charge on any atom is 0.136 e. The van der Waals surface area contributed by atoms with Crippen LogP contribution in [0.4, 0.5) is 11.4 Å². The standard InChI is InChI=1S/C25H37ClN6.C9H10/c1-5-32(6-2)16-28-14-19-8-10-23-24(12-19)31-25(30-23)22(27)11-18(4)29-15-20-13-21(26)9-7-17(20)3;1-2-6-9-7-4-3-5-8-9/h7-10,12-13,18,25,27-31H,5-6,11,14-16H2,1-4H3;2-5,7-8H,1,6H2. The molecule has 0 spiro atoms. The van der Waals surface area contributed by atoms with Gasteiger partial charge in [-0.2, -0.15) is 0 Å². The fourth-order valence-corrected chi connectivity index (χ4v) is 4.88. The summed E-state index contributed by atoms with van der Waals surface area (Å²) in [7, 11) is 0. The zero-order valence-corrected chi connectivity index (χ0v) is 25.8. The van der Waals surface area contributed by atoms with Crippen LogP contribution in [0.25, 0.3) is 0 Å². The Bertz CT molecular complexity index is 1240. The fourth-order valence-electron chi connectivity index (χ4n) is 4.69. The van der Waals surface area contributed by atoms with Crippen molar-refractivity contribution in [1.82, 2.24) is 15.5 Å². The van der Waals surface area contributed by atoms with Crippen molar-refractivity contribution in [3.05, 3.63) is 107 Å². The average molecular weight is 575 g/mol. The van der Waals surface area contributed by atoms with E-state index < -0.39 is 0 Å². The molecule has 7 heteroatoms. The first-order chi connectivity index (χ1) is 19.8. The van der Waals surface area contributed by atoms with E-state index in [4.69, 9.17) is 17.0 Å². The summed E-state index contributed by atoms with van der Waals surface area (Å²) in [6.45, 7) is 16.8. The number of anilines is 2. The monoisotopic (exact) mass is 574 g/mol. The lowest BCUT2D eigenvalue weighted by Crippen LogP contribution is -2.37. The second kappa shape index (κ2) is 16.9. The highest BCUT2D eigenvalue weighted by molar-refractivity contribution is 6.30. The highest BCUT2D eigenvalue weighted by atomic mass is 35.5. The molecule has 1 aliphatic rings. The lowest BCUT2D eigenvalue weighted by Gasteiger charge is -2.19. The number of rotatable bonds is 14. The van der Waals surface area contributed by atoms with E-state index in [0.717, 1.165) is 55.7 Å². The summed E-state index contributed by atoms with van der Waals surface area (Å²) >= 11 is 6.13. The van der Waals surface area contributed by atoms with Gasteiger partial charge in [0.25, 0.3) is 0 Å². The van der Waals surface area contributed by atoms with Gasteiger partial charge < -0.3 is 26.7 Å². The molecule has 41 heavy (non-hydrogen) atoms. The summed E-state index contributed by atoms with van der Waals surface area (Å²) in [6, 6.07) is 22.9. The van der Waals surface area contributed by atoms with Crippen LogP contribution in [0, 0.1) is 12.3 Å². The number of fused-ring (bicyclic) bond motifs is 1. The van der Waals surface area contributed by atoms with Gasteiger partial charge >= 0.3 is 0 Å². The predicted octanol–water partition coefficient (Wildman–Crippen LogP) is 7.20. The normalized spacial score (nSPS) is 14.3. The summed E-state index contributed by atoms with van der Waals surface area (Å²) in [4.78, 5) is 2.35. The Labute approximate surface area is 252 Å². The molecule has 2 unspecified atom stereocenters. The lowest BCUT2D eigenvalue weighted by molar-refractivity contribution is 0.278.